The van der Waals surface area contributed by atoms with E-state index in [0.717, 1.165) is 12.2 Å². The largest absolute Gasteiger partial charge is 0.497 e. The van der Waals surface area contributed by atoms with Gasteiger partial charge >= 0.3 is 0 Å². The van der Waals surface area contributed by atoms with Gasteiger partial charge < -0.3 is 21.1 Å². The number of nitrogens with two attached hydrogens (primary N) is 1. The average Bonchev–Trinajstić information content (AvgIpc) is 2.46. The lowest BCUT2D eigenvalue weighted by atomic mass is 10.1. The van der Waals surface area contributed by atoms with Crippen LogP contribution in [0.3, 0.4) is 0 Å². The molecule has 0 aliphatic rings. The van der Waals surface area contributed by atoms with E-state index in [0.29, 0.717) is 13.1 Å². The van der Waals surface area contributed by atoms with Crippen molar-refractivity contribution in [1.82, 2.24) is 10.6 Å². The first-order valence-electron chi connectivity index (χ1n) is 6.59. The zero-order valence-electron chi connectivity index (χ0n) is 12.4. The standard InChI is InChI=1S/C14H22N4O2.HI/c1-3-16-13(19)10-18-14(15)17-9-8-11-4-6-12(20-2)7-5-11;/h4-7H,3,8-10H2,1-2H3,(H,16,19)(H3,15,17,18);1H. The number of hydrogen-bond acceptors (Lipinski definition) is 3. The molecule has 0 radical (unpaired) electrons. The van der Waals surface area contributed by atoms with E-state index in [4.69, 9.17) is 10.5 Å². The second kappa shape index (κ2) is 11.2. The van der Waals surface area contributed by atoms with E-state index in [9.17, 15) is 4.79 Å². The predicted molar refractivity (Wildman–Crippen MR) is 95.3 cm³/mol. The van der Waals surface area contributed by atoms with Gasteiger partial charge in [0.2, 0.25) is 5.91 Å². The Morgan fingerprint density at radius 2 is 1.95 bits per heavy atom. The summed E-state index contributed by atoms with van der Waals surface area (Å²) in [5.41, 5.74) is 6.84. The molecule has 0 saturated heterocycles. The number of carbonyl (C=O) groups is 1. The number of aliphatic imine (C=N–C) groups is 1. The second-order valence-corrected chi connectivity index (χ2v) is 4.18. The highest BCUT2D eigenvalue weighted by Gasteiger charge is 1.98. The summed E-state index contributed by atoms with van der Waals surface area (Å²) in [7, 11) is 1.64. The number of guanidine groups is 1. The predicted octanol–water partition coefficient (Wildman–Crippen LogP) is 0.896. The van der Waals surface area contributed by atoms with Crippen molar-refractivity contribution in [3.63, 3.8) is 0 Å². The lowest BCUT2D eigenvalue weighted by Crippen LogP contribution is -2.35. The lowest BCUT2D eigenvalue weighted by Gasteiger charge is -2.06. The molecule has 0 bridgehead atoms. The molecule has 0 atom stereocenters. The van der Waals surface area contributed by atoms with E-state index in [1.807, 2.05) is 31.2 Å². The Morgan fingerprint density at radius 3 is 2.52 bits per heavy atom. The smallest absolute Gasteiger partial charge is 0.241 e. The topological polar surface area (TPSA) is 88.7 Å². The molecular formula is C14H23IN4O2. The zero-order valence-corrected chi connectivity index (χ0v) is 14.7. The number of nitrogens with zero attached hydrogens (tertiary/aromatic N) is 1. The van der Waals surface area contributed by atoms with E-state index in [1.165, 1.54) is 5.56 Å². The van der Waals surface area contributed by atoms with Crippen LogP contribution in [0.2, 0.25) is 0 Å². The molecule has 0 aliphatic carbocycles. The summed E-state index contributed by atoms with van der Waals surface area (Å²) in [5, 5.41) is 5.63. The maximum atomic E-state index is 11.2. The molecule has 0 heterocycles. The van der Waals surface area contributed by atoms with Gasteiger partial charge in [-0.15, -0.1) is 24.0 Å². The van der Waals surface area contributed by atoms with Gasteiger partial charge in [-0.25, -0.2) is 4.99 Å². The highest BCUT2D eigenvalue weighted by molar-refractivity contribution is 14.0. The Kier molecular flexibility index (Phi) is 10.4. The number of carbonyl (C=O) groups excluding carboxylic acids is 1. The third-order valence-electron chi connectivity index (χ3n) is 2.65. The quantitative estimate of drug-likeness (QED) is 0.357. The maximum absolute atomic E-state index is 11.2. The van der Waals surface area contributed by atoms with Crippen LogP contribution in [-0.2, 0) is 11.2 Å². The molecule has 7 heteroatoms. The van der Waals surface area contributed by atoms with Crippen LogP contribution in [0.4, 0.5) is 0 Å². The molecule has 0 aromatic heterocycles. The van der Waals surface area contributed by atoms with Crippen molar-refractivity contribution in [3.8, 4) is 5.75 Å². The van der Waals surface area contributed by atoms with Crippen LogP contribution in [0, 0.1) is 0 Å². The first-order valence-corrected chi connectivity index (χ1v) is 6.59. The van der Waals surface area contributed by atoms with Gasteiger partial charge in [0.1, 0.15) is 12.3 Å². The summed E-state index contributed by atoms with van der Waals surface area (Å²) in [6.07, 6.45) is 0.821. The van der Waals surface area contributed by atoms with Crippen LogP contribution < -0.4 is 21.1 Å². The summed E-state index contributed by atoms with van der Waals surface area (Å²) >= 11 is 0. The number of halogens is 1. The Labute approximate surface area is 142 Å². The number of ether oxygens (including phenoxy) is 1. The van der Waals surface area contributed by atoms with Gasteiger partial charge in [0.05, 0.1) is 7.11 Å². The molecule has 0 unspecified atom stereocenters. The van der Waals surface area contributed by atoms with Crippen LogP contribution in [0.15, 0.2) is 29.3 Å². The van der Waals surface area contributed by atoms with Gasteiger partial charge in [0, 0.05) is 13.1 Å². The van der Waals surface area contributed by atoms with Crippen molar-refractivity contribution < 1.29 is 9.53 Å². The van der Waals surface area contributed by atoms with Crippen molar-refractivity contribution in [1.29, 1.82) is 0 Å². The molecule has 0 aliphatic heterocycles. The van der Waals surface area contributed by atoms with Crippen LogP contribution >= 0.6 is 24.0 Å². The fraction of sp³-hybridized carbons (Fsp3) is 0.429. The van der Waals surface area contributed by atoms with Crippen LogP contribution in [0.1, 0.15) is 12.5 Å². The van der Waals surface area contributed by atoms with E-state index in [2.05, 4.69) is 15.6 Å². The summed E-state index contributed by atoms with van der Waals surface area (Å²) in [6, 6.07) is 7.84. The molecule has 1 amide bonds. The molecule has 6 nitrogen and oxygen atoms in total. The Hall–Kier alpha value is -1.51. The number of methoxy groups -OCH3 is 1. The third-order valence-corrected chi connectivity index (χ3v) is 2.65. The molecule has 0 fully saturated rings. The summed E-state index contributed by atoms with van der Waals surface area (Å²) in [5.74, 6) is 0.988. The summed E-state index contributed by atoms with van der Waals surface area (Å²) in [6.45, 7) is 3.17. The number of likely N-dealkylation sites (N-methyl/N-ethyl adjacent to an activating group) is 1. The highest BCUT2D eigenvalue weighted by atomic mass is 127. The third kappa shape index (κ3) is 8.38. The van der Waals surface area contributed by atoms with Crippen LogP contribution in [0.5, 0.6) is 5.75 Å². The van der Waals surface area contributed by atoms with Crippen LogP contribution in [0.25, 0.3) is 0 Å². The second-order valence-electron chi connectivity index (χ2n) is 4.18. The summed E-state index contributed by atoms with van der Waals surface area (Å²) < 4.78 is 5.09. The Morgan fingerprint density at radius 1 is 1.29 bits per heavy atom. The SMILES string of the molecule is CCNC(=O)CN=C(N)NCCc1ccc(OC)cc1.I. The first kappa shape index (κ1) is 19.5. The van der Waals surface area contributed by atoms with Gasteiger partial charge in [0.15, 0.2) is 5.96 Å². The van der Waals surface area contributed by atoms with Gasteiger partial charge in [0.25, 0.3) is 0 Å². The molecule has 1 aromatic carbocycles. The van der Waals surface area contributed by atoms with Gasteiger partial charge in [-0.2, -0.15) is 0 Å². The summed E-state index contributed by atoms with van der Waals surface area (Å²) in [4.78, 5) is 15.1. The van der Waals surface area contributed by atoms with Crippen molar-refractivity contribution in [2.45, 2.75) is 13.3 Å². The number of amides is 1. The minimum atomic E-state index is -0.132. The van der Waals surface area contributed by atoms with Crippen molar-refractivity contribution >= 4 is 35.8 Å². The average molecular weight is 406 g/mol. The van der Waals surface area contributed by atoms with E-state index in [-0.39, 0.29) is 42.4 Å². The highest BCUT2D eigenvalue weighted by Crippen LogP contribution is 2.11. The number of benzene rings is 1. The zero-order chi connectivity index (χ0) is 14.8. The molecular weight excluding hydrogens is 383 g/mol. The molecule has 118 valence electrons. The molecule has 0 saturated carbocycles. The van der Waals surface area contributed by atoms with Gasteiger partial charge in [-0.05, 0) is 31.0 Å². The van der Waals surface area contributed by atoms with Crippen molar-refractivity contribution in [3.05, 3.63) is 29.8 Å². The normalized spacial score (nSPS) is 10.5. The maximum Gasteiger partial charge on any atom is 0.241 e. The van der Waals surface area contributed by atoms with Gasteiger partial charge in [-0.1, -0.05) is 12.1 Å². The molecule has 21 heavy (non-hydrogen) atoms. The fourth-order valence-electron chi connectivity index (χ4n) is 1.59. The van der Waals surface area contributed by atoms with E-state index >= 15 is 0 Å². The minimum absolute atomic E-state index is 0. The first-order chi connectivity index (χ1) is 9.65. The van der Waals surface area contributed by atoms with Gasteiger partial charge in [-0.3, -0.25) is 4.79 Å². The lowest BCUT2D eigenvalue weighted by molar-refractivity contribution is -0.119. The van der Waals surface area contributed by atoms with E-state index in [1.54, 1.807) is 7.11 Å². The monoisotopic (exact) mass is 406 g/mol. The Bertz CT molecular complexity index is 449. The van der Waals surface area contributed by atoms with Crippen molar-refractivity contribution in [2.24, 2.45) is 10.7 Å². The van der Waals surface area contributed by atoms with E-state index < -0.39 is 0 Å². The molecule has 1 aromatic rings. The van der Waals surface area contributed by atoms with Crippen molar-refractivity contribution in [2.75, 3.05) is 26.7 Å². The molecule has 4 N–H and O–H groups in total. The Balaban J connectivity index is 0.00000400. The van der Waals surface area contributed by atoms with Crippen LogP contribution in [-0.4, -0.2) is 38.6 Å². The fourth-order valence-corrected chi connectivity index (χ4v) is 1.59. The number of rotatable bonds is 7. The number of nitrogens with one attached hydrogen (secondary N) is 2. The number of hydrogen-bond donors (Lipinski definition) is 3. The molecule has 1 rings (SSSR count). The molecule has 0 spiro atoms. The minimum Gasteiger partial charge on any atom is -0.497 e.